The molecule has 1 atom stereocenters. The number of phenolic OH excluding ortho intramolecular Hbond substituents is 1. The molecule has 1 aromatic rings. The molecule has 19 heavy (non-hydrogen) atoms. The van der Waals surface area contributed by atoms with Gasteiger partial charge in [0.05, 0.1) is 0 Å². The molecule has 0 heterocycles. The number of carbonyl (C=O) groups is 2. The Labute approximate surface area is 112 Å². The van der Waals surface area contributed by atoms with E-state index in [9.17, 15) is 14.7 Å². The molecule has 0 saturated heterocycles. The molecule has 104 valence electrons. The van der Waals surface area contributed by atoms with Crippen LogP contribution in [0.1, 0.15) is 25.3 Å². The van der Waals surface area contributed by atoms with Gasteiger partial charge in [-0.05, 0) is 23.6 Å². The number of amides is 1. The Balaban J connectivity index is 2.51. The Morgan fingerprint density at radius 2 is 2.00 bits per heavy atom. The van der Waals surface area contributed by atoms with Crippen LogP contribution in [0.25, 0.3) is 0 Å². The normalized spacial score (nSPS) is 11.9. The molecule has 2 N–H and O–H groups in total. The van der Waals surface area contributed by atoms with E-state index >= 15 is 0 Å². The fraction of sp³-hybridized carbons (Fsp3) is 0.429. The average Bonchev–Trinajstić information content (AvgIpc) is 2.27. The predicted molar refractivity (Wildman–Crippen MR) is 70.6 cm³/mol. The zero-order valence-corrected chi connectivity index (χ0v) is 11.2. The summed E-state index contributed by atoms with van der Waals surface area (Å²) in [5.41, 5.74) is 0.835. The first-order valence-corrected chi connectivity index (χ1v) is 6.12. The number of hydrogen-bond donors (Lipinski definition) is 2. The summed E-state index contributed by atoms with van der Waals surface area (Å²) in [7, 11) is 1.67. The first kappa shape index (κ1) is 15.0. The summed E-state index contributed by atoms with van der Waals surface area (Å²) in [6.45, 7) is 2.14. The van der Waals surface area contributed by atoms with Crippen molar-refractivity contribution in [3.8, 4) is 5.75 Å². The predicted octanol–water partition coefficient (Wildman–Crippen LogP) is 1.85. The number of carboxylic acid groups (broad SMARTS) is 1. The van der Waals surface area contributed by atoms with Crippen molar-refractivity contribution in [1.82, 2.24) is 4.90 Å². The van der Waals surface area contributed by atoms with Crippen molar-refractivity contribution in [3.05, 3.63) is 29.8 Å². The van der Waals surface area contributed by atoms with Crippen molar-refractivity contribution < 1.29 is 19.8 Å². The summed E-state index contributed by atoms with van der Waals surface area (Å²) >= 11 is 0. The maximum Gasteiger partial charge on any atom is 0.303 e. The number of benzene rings is 1. The zero-order valence-electron chi connectivity index (χ0n) is 11.2. The lowest BCUT2D eigenvalue weighted by Crippen LogP contribution is -2.28. The quantitative estimate of drug-likeness (QED) is 0.822. The van der Waals surface area contributed by atoms with Crippen LogP contribution in [0.3, 0.4) is 0 Å². The summed E-state index contributed by atoms with van der Waals surface area (Å²) in [6.07, 6.45) is 0.202. The van der Waals surface area contributed by atoms with Gasteiger partial charge in [0.2, 0.25) is 5.91 Å². The molecule has 5 nitrogen and oxygen atoms in total. The summed E-state index contributed by atoms with van der Waals surface area (Å²) < 4.78 is 0. The average molecular weight is 265 g/mol. The standard InChI is InChI=1S/C14H19NO4/c1-10(7-14(18)19)6-13(17)15(2)9-11-4-3-5-12(16)8-11/h3-5,8,10,16H,6-7,9H2,1-2H3,(H,18,19). The van der Waals surface area contributed by atoms with Crippen molar-refractivity contribution >= 4 is 11.9 Å². The highest BCUT2D eigenvalue weighted by Gasteiger charge is 2.16. The Morgan fingerprint density at radius 3 is 2.58 bits per heavy atom. The number of phenols is 1. The number of nitrogens with zero attached hydrogens (tertiary/aromatic N) is 1. The van der Waals surface area contributed by atoms with E-state index in [1.54, 1.807) is 32.2 Å². The van der Waals surface area contributed by atoms with Gasteiger partial charge in [-0.2, -0.15) is 0 Å². The van der Waals surface area contributed by atoms with Crippen molar-refractivity contribution in [2.24, 2.45) is 5.92 Å². The molecular weight excluding hydrogens is 246 g/mol. The van der Waals surface area contributed by atoms with E-state index in [0.717, 1.165) is 5.56 Å². The molecule has 0 aliphatic carbocycles. The molecule has 0 radical (unpaired) electrons. The van der Waals surface area contributed by atoms with Crippen LogP contribution in [0.2, 0.25) is 0 Å². The van der Waals surface area contributed by atoms with E-state index in [1.807, 2.05) is 6.07 Å². The zero-order chi connectivity index (χ0) is 14.4. The van der Waals surface area contributed by atoms with E-state index in [1.165, 1.54) is 4.90 Å². The summed E-state index contributed by atoms with van der Waals surface area (Å²) in [4.78, 5) is 24.0. The maximum absolute atomic E-state index is 11.9. The minimum Gasteiger partial charge on any atom is -0.508 e. The summed E-state index contributed by atoms with van der Waals surface area (Å²) in [5, 5.41) is 18.0. The molecule has 0 bridgehead atoms. The van der Waals surface area contributed by atoms with Gasteiger partial charge in [0.1, 0.15) is 5.75 Å². The highest BCUT2D eigenvalue weighted by Crippen LogP contribution is 2.14. The molecule has 1 unspecified atom stereocenters. The maximum atomic E-state index is 11.9. The minimum absolute atomic E-state index is 0.00823. The molecule has 0 aliphatic rings. The van der Waals surface area contributed by atoms with Crippen LogP contribution >= 0.6 is 0 Å². The lowest BCUT2D eigenvalue weighted by Gasteiger charge is -2.19. The van der Waals surface area contributed by atoms with Gasteiger partial charge in [-0.15, -0.1) is 0 Å². The molecular formula is C14H19NO4. The third-order valence-corrected chi connectivity index (χ3v) is 2.80. The van der Waals surface area contributed by atoms with Crippen LogP contribution in [0, 0.1) is 5.92 Å². The smallest absolute Gasteiger partial charge is 0.303 e. The second-order valence-electron chi connectivity index (χ2n) is 4.83. The molecule has 1 amide bonds. The molecule has 1 rings (SSSR count). The number of rotatable bonds is 6. The molecule has 0 aliphatic heterocycles. The monoisotopic (exact) mass is 265 g/mol. The van der Waals surface area contributed by atoms with E-state index < -0.39 is 5.97 Å². The van der Waals surface area contributed by atoms with Crippen LogP contribution < -0.4 is 0 Å². The third kappa shape index (κ3) is 5.42. The van der Waals surface area contributed by atoms with Gasteiger partial charge in [0, 0.05) is 26.4 Å². The fourth-order valence-corrected chi connectivity index (χ4v) is 1.84. The van der Waals surface area contributed by atoms with Gasteiger partial charge in [-0.3, -0.25) is 9.59 Å². The minimum atomic E-state index is -0.893. The van der Waals surface area contributed by atoms with Crippen LogP contribution in [-0.2, 0) is 16.1 Å². The van der Waals surface area contributed by atoms with Gasteiger partial charge in [-0.25, -0.2) is 0 Å². The second kappa shape index (κ2) is 6.78. The molecule has 0 spiro atoms. The summed E-state index contributed by atoms with van der Waals surface area (Å²) in [5.74, 6) is -1.01. The number of carboxylic acids is 1. The van der Waals surface area contributed by atoms with Gasteiger partial charge in [-0.1, -0.05) is 19.1 Å². The van der Waals surface area contributed by atoms with E-state index in [-0.39, 0.29) is 30.4 Å². The largest absolute Gasteiger partial charge is 0.508 e. The van der Waals surface area contributed by atoms with Crippen LogP contribution in [0.5, 0.6) is 5.75 Å². The topological polar surface area (TPSA) is 77.8 Å². The number of aromatic hydroxyl groups is 1. The fourth-order valence-electron chi connectivity index (χ4n) is 1.84. The van der Waals surface area contributed by atoms with E-state index in [0.29, 0.717) is 6.54 Å². The molecule has 0 saturated carbocycles. The van der Waals surface area contributed by atoms with Crippen molar-refractivity contribution in [2.45, 2.75) is 26.3 Å². The van der Waals surface area contributed by atoms with Gasteiger partial charge >= 0.3 is 5.97 Å². The Hall–Kier alpha value is -2.04. The summed E-state index contributed by atoms with van der Waals surface area (Å²) in [6, 6.07) is 6.71. The molecule has 0 aromatic heterocycles. The van der Waals surface area contributed by atoms with Gasteiger partial charge in [0.25, 0.3) is 0 Å². The van der Waals surface area contributed by atoms with Crippen molar-refractivity contribution in [2.75, 3.05) is 7.05 Å². The third-order valence-electron chi connectivity index (χ3n) is 2.80. The second-order valence-corrected chi connectivity index (χ2v) is 4.83. The highest BCUT2D eigenvalue weighted by molar-refractivity contribution is 5.77. The lowest BCUT2D eigenvalue weighted by molar-refractivity contribution is -0.138. The Bertz CT molecular complexity index is 459. The molecule has 1 aromatic carbocycles. The number of carbonyl (C=O) groups excluding carboxylic acids is 1. The number of hydrogen-bond acceptors (Lipinski definition) is 3. The van der Waals surface area contributed by atoms with E-state index in [2.05, 4.69) is 0 Å². The lowest BCUT2D eigenvalue weighted by atomic mass is 10.0. The molecule has 0 fully saturated rings. The van der Waals surface area contributed by atoms with E-state index in [4.69, 9.17) is 5.11 Å². The van der Waals surface area contributed by atoms with Crippen molar-refractivity contribution in [3.63, 3.8) is 0 Å². The van der Waals surface area contributed by atoms with Gasteiger partial charge < -0.3 is 15.1 Å². The van der Waals surface area contributed by atoms with Gasteiger partial charge in [0.15, 0.2) is 0 Å². The Morgan fingerprint density at radius 1 is 1.32 bits per heavy atom. The van der Waals surface area contributed by atoms with Crippen LogP contribution in [0.4, 0.5) is 0 Å². The SMILES string of the molecule is CC(CC(=O)O)CC(=O)N(C)Cc1cccc(O)c1. The van der Waals surface area contributed by atoms with Crippen LogP contribution in [0.15, 0.2) is 24.3 Å². The van der Waals surface area contributed by atoms with Crippen molar-refractivity contribution in [1.29, 1.82) is 0 Å². The highest BCUT2D eigenvalue weighted by atomic mass is 16.4. The molecule has 5 heteroatoms. The van der Waals surface area contributed by atoms with Crippen LogP contribution in [-0.4, -0.2) is 34.0 Å². The Kier molecular flexibility index (Phi) is 5.36. The first-order chi connectivity index (χ1) is 8.88. The first-order valence-electron chi connectivity index (χ1n) is 6.12. The number of aliphatic carboxylic acids is 1.